The number of sulfonamides is 1. The van der Waals surface area contributed by atoms with Crippen molar-refractivity contribution in [1.29, 1.82) is 0 Å². The average molecular weight is 463 g/mol. The van der Waals surface area contributed by atoms with Crippen LogP contribution in [0.15, 0.2) is 41.3 Å². The minimum atomic E-state index is -3.72. The first-order chi connectivity index (χ1) is 15.5. The number of benzene rings is 2. The number of nitrogen functional groups attached to an aromatic ring is 1. The van der Waals surface area contributed by atoms with Crippen LogP contribution in [-0.2, 0) is 21.3 Å². The van der Waals surface area contributed by atoms with Crippen LogP contribution in [0.25, 0.3) is 0 Å². The third-order valence-corrected chi connectivity index (χ3v) is 7.34. The van der Waals surface area contributed by atoms with Crippen molar-refractivity contribution in [1.82, 2.24) is 9.62 Å². The zero-order valence-corrected chi connectivity index (χ0v) is 19.1. The van der Waals surface area contributed by atoms with Crippen LogP contribution in [0.3, 0.4) is 0 Å². The number of hydrogen-bond acceptors (Lipinski definition) is 8. The van der Waals surface area contributed by atoms with Gasteiger partial charge in [-0.25, -0.2) is 13.1 Å². The highest BCUT2D eigenvalue weighted by Gasteiger charge is 2.23. The lowest BCUT2D eigenvalue weighted by atomic mass is 10.1. The second kappa shape index (κ2) is 9.95. The Morgan fingerprint density at radius 3 is 2.72 bits per heavy atom. The topological polar surface area (TPSA) is 106 Å². The summed E-state index contributed by atoms with van der Waals surface area (Å²) < 4.78 is 33.9. The number of ether oxygens (including phenoxy) is 1. The number of para-hydroxylation sites is 2. The first-order valence-electron chi connectivity index (χ1n) is 10.8. The van der Waals surface area contributed by atoms with Crippen LogP contribution < -0.4 is 25.0 Å². The SMILES string of the molecule is COc1ccccc1N1CCN(CCNS(=O)(=O)c2cc3c(cc2N)OOCCC3)CC1. The zero-order chi connectivity index (χ0) is 22.6. The standard InChI is InChI=1S/C22H30N4O5S/c1-29-20-7-3-2-6-19(20)26-12-10-25(11-13-26)9-8-24-32(27,28)22-15-17-5-4-14-30-31-21(17)16-18(22)23/h2-3,6-7,15-16,24H,4-5,8-14,23H2,1H3. The summed E-state index contributed by atoms with van der Waals surface area (Å²) in [6, 6.07) is 11.1. The van der Waals surface area contributed by atoms with Crippen molar-refractivity contribution in [3.8, 4) is 11.5 Å². The van der Waals surface area contributed by atoms with E-state index in [-0.39, 0.29) is 10.6 Å². The van der Waals surface area contributed by atoms with Gasteiger partial charge in [0.1, 0.15) is 10.6 Å². The normalized spacial score (nSPS) is 17.3. The summed E-state index contributed by atoms with van der Waals surface area (Å²) in [5.74, 6) is 1.34. The fourth-order valence-electron chi connectivity index (χ4n) is 4.07. The van der Waals surface area contributed by atoms with Crippen LogP contribution in [0, 0.1) is 0 Å². The summed E-state index contributed by atoms with van der Waals surface area (Å²) in [5.41, 5.74) is 8.02. The smallest absolute Gasteiger partial charge is 0.242 e. The van der Waals surface area contributed by atoms with Gasteiger partial charge in [-0.1, -0.05) is 12.1 Å². The Morgan fingerprint density at radius 2 is 1.94 bits per heavy atom. The molecule has 1 saturated heterocycles. The number of fused-ring (bicyclic) bond motifs is 1. The van der Waals surface area contributed by atoms with Gasteiger partial charge in [0.25, 0.3) is 0 Å². The minimum Gasteiger partial charge on any atom is -0.495 e. The molecule has 1 fully saturated rings. The Morgan fingerprint density at radius 1 is 1.16 bits per heavy atom. The predicted molar refractivity (Wildman–Crippen MR) is 123 cm³/mol. The molecule has 3 N–H and O–H groups in total. The molecule has 0 atom stereocenters. The molecule has 2 heterocycles. The van der Waals surface area contributed by atoms with Crippen molar-refractivity contribution in [2.75, 3.05) is 63.6 Å². The fourth-order valence-corrected chi connectivity index (χ4v) is 5.25. The number of rotatable bonds is 7. The highest BCUT2D eigenvalue weighted by Crippen LogP contribution is 2.31. The molecule has 2 aliphatic heterocycles. The third kappa shape index (κ3) is 5.09. The van der Waals surface area contributed by atoms with E-state index in [4.69, 9.17) is 20.2 Å². The van der Waals surface area contributed by atoms with Crippen molar-refractivity contribution < 1.29 is 22.9 Å². The van der Waals surface area contributed by atoms with Crippen molar-refractivity contribution in [3.05, 3.63) is 42.0 Å². The maximum absolute atomic E-state index is 12.9. The summed E-state index contributed by atoms with van der Waals surface area (Å²) in [4.78, 5) is 14.9. The molecule has 9 nitrogen and oxygen atoms in total. The van der Waals surface area contributed by atoms with Crippen LogP contribution in [0.4, 0.5) is 11.4 Å². The molecule has 0 saturated carbocycles. The van der Waals surface area contributed by atoms with Gasteiger partial charge >= 0.3 is 0 Å². The monoisotopic (exact) mass is 462 g/mol. The van der Waals surface area contributed by atoms with Gasteiger partial charge in [0.05, 0.1) is 25.1 Å². The number of nitrogens with two attached hydrogens (primary N) is 1. The number of hydrogen-bond donors (Lipinski definition) is 2. The van der Waals surface area contributed by atoms with Gasteiger partial charge in [0.15, 0.2) is 5.75 Å². The molecule has 174 valence electrons. The molecule has 2 aromatic rings. The van der Waals surface area contributed by atoms with Gasteiger partial charge in [0, 0.05) is 45.3 Å². The Hall–Kier alpha value is -2.53. The summed E-state index contributed by atoms with van der Waals surface area (Å²) in [5, 5.41) is 0. The maximum atomic E-state index is 12.9. The molecule has 32 heavy (non-hydrogen) atoms. The number of methoxy groups -OCH3 is 1. The van der Waals surface area contributed by atoms with Crippen LogP contribution in [-0.4, -0.2) is 66.3 Å². The minimum absolute atomic E-state index is 0.0859. The lowest BCUT2D eigenvalue weighted by molar-refractivity contribution is -0.203. The van der Waals surface area contributed by atoms with E-state index in [2.05, 4.69) is 20.6 Å². The average Bonchev–Trinajstić information content (AvgIpc) is 3.03. The predicted octanol–water partition coefficient (Wildman–Crippen LogP) is 1.63. The van der Waals surface area contributed by atoms with Gasteiger partial charge in [-0.2, -0.15) is 4.89 Å². The summed E-state index contributed by atoms with van der Waals surface area (Å²) in [6.07, 6.45) is 1.43. The van der Waals surface area contributed by atoms with Gasteiger partial charge in [-0.15, -0.1) is 0 Å². The second-order valence-electron chi connectivity index (χ2n) is 7.90. The number of piperazine rings is 1. The lowest BCUT2D eigenvalue weighted by Crippen LogP contribution is -2.48. The third-order valence-electron chi connectivity index (χ3n) is 5.82. The van der Waals surface area contributed by atoms with Crippen molar-refractivity contribution in [2.45, 2.75) is 17.7 Å². The van der Waals surface area contributed by atoms with E-state index in [1.54, 1.807) is 13.2 Å². The Kier molecular flexibility index (Phi) is 7.04. The van der Waals surface area contributed by atoms with E-state index in [0.29, 0.717) is 31.9 Å². The van der Waals surface area contributed by atoms with Gasteiger partial charge < -0.3 is 20.3 Å². The quantitative estimate of drug-likeness (QED) is 0.473. The van der Waals surface area contributed by atoms with Crippen LogP contribution in [0.2, 0.25) is 0 Å². The number of anilines is 2. The molecule has 2 aliphatic rings. The Balaban J connectivity index is 1.32. The van der Waals surface area contributed by atoms with Crippen LogP contribution in [0.1, 0.15) is 12.0 Å². The van der Waals surface area contributed by atoms with Crippen molar-refractivity contribution in [3.63, 3.8) is 0 Å². The summed E-state index contributed by atoms with van der Waals surface area (Å²) in [6.45, 7) is 4.79. The number of aryl methyl sites for hydroxylation is 1. The van der Waals surface area contributed by atoms with Crippen LogP contribution in [0.5, 0.6) is 11.5 Å². The van der Waals surface area contributed by atoms with E-state index in [1.165, 1.54) is 6.07 Å². The molecular formula is C22H30N4O5S. The fraction of sp³-hybridized carbons (Fsp3) is 0.455. The molecule has 0 aromatic heterocycles. The van der Waals surface area contributed by atoms with E-state index in [0.717, 1.165) is 49.6 Å². The summed E-state index contributed by atoms with van der Waals surface area (Å²) >= 11 is 0. The summed E-state index contributed by atoms with van der Waals surface area (Å²) in [7, 11) is -2.05. The van der Waals surface area contributed by atoms with E-state index in [9.17, 15) is 8.42 Å². The van der Waals surface area contributed by atoms with Crippen molar-refractivity contribution >= 4 is 21.4 Å². The molecule has 0 bridgehead atoms. The Labute approximate surface area is 189 Å². The number of nitrogens with zero attached hydrogens (tertiary/aromatic N) is 2. The van der Waals surface area contributed by atoms with Crippen molar-refractivity contribution in [2.24, 2.45) is 0 Å². The molecule has 4 rings (SSSR count). The first kappa shape index (κ1) is 22.7. The molecule has 0 aliphatic carbocycles. The largest absolute Gasteiger partial charge is 0.495 e. The highest BCUT2D eigenvalue weighted by molar-refractivity contribution is 7.89. The van der Waals surface area contributed by atoms with Gasteiger partial charge in [0.2, 0.25) is 10.0 Å². The molecule has 0 amide bonds. The molecule has 0 radical (unpaired) electrons. The maximum Gasteiger partial charge on any atom is 0.242 e. The number of nitrogens with one attached hydrogen (secondary N) is 1. The molecule has 10 heteroatoms. The van der Waals surface area contributed by atoms with E-state index in [1.807, 2.05) is 18.2 Å². The zero-order valence-electron chi connectivity index (χ0n) is 18.2. The molecular weight excluding hydrogens is 432 g/mol. The second-order valence-corrected chi connectivity index (χ2v) is 9.64. The molecule has 2 aromatic carbocycles. The van der Waals surface area contributed by atoms with Gasteiger partial charge in [-0.3, -0.25) is 4.90 Å². The lowest BCUT2D eigenvalue weighted by Gasteiger charge is -2.36. The Bertz CT molecular complexity index is 1040. The van der Waals surface area contributed by atoms with Crippen LogP contribution >= 0.6 is 0 Å². The van der Waals surface area contributed by atoms with Gasteiger partial charge in [-0.05, 0) is 36.6 Å². The molecule has 0 unspecified atom stereocenters. The first-order valence-corrected chi connectivity index (χ1v) is 12.3. The van der Waals surface area contributed by atoms with E-state index < -0.39 is 10.0 Å². The van der Waals surface area contributed by atoms with E-state index >= 15 is 0 Å². The molecule has 0 spiro atoms. The highest BCUT2D eigenvalue weighted by atomic mass is 32.2.